The zero-order valence-corrected chi connectivity index (χ0v) is 14.0. The Morgan fingerprint density at radius 2 is 1.41 bits per heavy atom. The molecule has 0 spiro atoms. The predicted molar refractivity (Wildman–Crippen MR) is 99.1 cm³/mol. The molecule has 0 aliphatic rings. The number of rotatable bonds is 5. The number of carbonyl (C=O) groups is 2. The molecule has 2 heterocycles. The third kappa shape index (κ3) is 2.69. The van der Waals surface area contributed by atoms with Crippen LogP contribution < -0.4 is 0 Å². The summed E-state index contributed by atoms with van der Waals surface area (Å²) in [5.74, 6) is -3.28. The zero-order chi connectivity index (χ0) is 19.1. The van der Waals surface area contributed by atoms with Crippen molar-refractivity contribution in [3.8, 4) is 11.5 Å². The molecule has 0 amide bonds. The maximum Gasteiger partial charge on any atom is 0.312 e. The Hall–Kier alpha value is -3.74. The molecule has 0 saturated carbocycles. The molecule has 0 radical (unpaired) electrons. The molecule has 7 nitrogen and oxygen atoms in total. The van der Waals surface area contributed by atoms with Crippen LogP contribution in [0.4, 0.5) is 0 Å². The highest BCUT2D eigenvalue weighted by Crippen LogP contribution is 2.39. The minimum atomic E-state index is -1.17. The van der Waals surface area contributed by atoms with Crippen molar-refractivity contribution in [1.82, 2.24) is 9.97 Å². The van der Waals surface area contributed by atoms with Gasteiger partial charge in [-0.25, -0.2) is 0 Å². The van der Waals surface area contributed by atoms with Crippen molar-refractivity contribution in [2.45, 2.75) is 11.8 Å². The highest BCUT2D eigenvalue weighted by molar-refractivity contribution is 5.95. The van der Waals surface area contributed by atoms with Gasteiger partial charge in [0.15, 0.2) is 0 Å². The number of hydrogen-bond acceptors (Lipinski definition) is 4. The number of carboxylic acids is 1. The summed E-state index contributed by atoms with van der Waals surface area (Å²) in [6, 6.07) is 9.29. The standard InChI is InChI=1S/C20H16N2O5/c23-9-16(14-7-21-17-3-1-10(24)5-12(14)17)19(20(26)27)15-8-22-18-4-2-11(25)6-13(15)18/h1-9,16,19,21-22,24-25H,(H,26,27). The first-order valence-corrected chi connectivity index (χ1v) is 8.27. The van der Waals surface area contributed by atoms with E-state index in [-0.39, 0.29) is 11.5 Å². The number of carbonyl (C=O) groups excluding carboxylic acids is 1. The van der Waals surface area contributed by atoms with Crippen LogP contribution in [0.25, 0.3) is 21.8 Å². The molecule has 0 aliphatic heterocycles. The number of H-pyrrole nitrogens is 2. The van der Waals surface area contributed by atoms with Crippen molar-refractivity contribution < 1.29 is 24.9 Å². The molecule has 0 saturated heterocycles. The van der Waals surface area contributed by atoms with Gasteiger partial charge in [0, 0.05) is 34.2 Å². The van der Waals surface area contributed by atoms with Gasteiger partial charge >= 0.3 is 5.97 Å². The second kappa shape index (κ2) is 6.21. The van der Waals surface area contributed by atoms with E-state index in [2.05, 4.69) is 9.97 Å². The summed E-state index contributed by atoms with van der Waals surface area (Å²) >= 11 is 0. The van der Waals surface area contributed by atoms with E-state index in [1.165, 1.54) is 24.3 Å². The highest BCUT2D eigenvalue weighted by Gasteiger charge is 2.34. The van der Waals surface area contributed by atoms with E-state index in [0.29, 0.717) is 39.2 Å². The summed E-state index contributed by atoms with van der Waals surface area (Å²) in [6.45, 7) is 0. The molecule has 2 aromatic carbocycles. The van der Waals surface area contributed by atoms with Crippen molar-refractivity contribution in [3.63, 3.8) is 0 Å². The average Bonchev–Trinajstić information content (AvgIpc) is 3.23. The van der Waals surface area contributed by atoms with E-state index in [9.17, 15) is 24.9 Å². The Balaban J connectivity index is 1.91. The molecule has 4 rings (SSSR count). The zero-order valence-electron chi connectivity index (χ0n) is 14.0. The van der Waals surface area contributed by atoms with Crippen LogP contribution in [-0.2, 0) is 9.59 Å². The first-order valence-electron chi connectivity index (χ1n) is 8.27. The first kappa shape index (κ1) is 16.7. The molecule has 2 unspecified atom stereocenters. The fraction of sp³-hybridized carbons (Fsp3) is 0.100. The quantitative estimate of drug-likeness (QED) is 0.348. The number of nitrogens with one attached hydrogen (secondary N) is 2. The second-order valence-corrected chi connectivity index (χ2v) is 6.43. The Labute approximate surface area is 152 Å². The molecule has 136 valence electrons. The van der Waals surface area contributed by atoms with Crippen LogP contribution in [0, 0.1) is 0 Å². The van der Waals surface area contributed by atoms with E-state index < -0.39 is 17.8 Å². The van der Waals surface area contributed by atoms with Gasteiger partial charge in [-0.1, -0.05) is 0 Å². The predicted octanol–water partition coefficient (Wildman–Crippen LogP) is 3.21. The van der Waals surface area contributed by atoms with Gasteiger partial charge in [-0.05, 0) is 47.5 Å². The molecule has 2 atom stereocenters. The Kier molecular flexibility index (Phi) is 3.84. The van der Waals surface area contributed by atoms with Gasteiger partial charge in [-0.3, -0.25) is 4.79 Å². The lowest BCUT2D eigenvalue weighted by atomic mass is 9.82. The van der Waals surface area contributed by atoms with Crippen LogP contribution in [0.15, 0.2) is 48.8 Å². The molecular weight excluding hydrogens is 348 g/mol. The van der Waals surface area contributed by atoms with Crippen molar-refractivity contribution in [2.24, 2.45) is 0 Å². The summed E-state index contributed by atoms with van der Waals surface area (Å²) < 4.78 is 0. The number of fused-ring (bicyclic) bond motifs is 2. The largest absolute Gasteiger partial charge is 0.508 e. The van der Waals surface area contributed by atoms with Gasteiger partial charge in [0.1, 0.15) is 17.8 Å². The summed E-state index contributed by atoms with van der Waals surface area (Å²) in [4.78, 5) is 30.1. The summed E-state index contributed by atoms with van der Waals surface area (Å²) in [6.07, 6.45) is 3.74. The van der Waals surface area contributed by atoms with Gasteiger partial charge in [-0.2, -0.15) is 0 Å². The number of benzene rings is 2. The van der Waals surface area contributed by atoms with E-state index >= 15 is 0 Å². The van der Waals surface area contributed by atoms with E-state index in [4.69, 9.17) is 0 Å². The van der Waals surface area contributed by atoms with Crippen LogP contribution in [0.5, 0.6) is 11.5 Å². The summed E-state index contributed by atoms with van der Waals surface area (Å²) in [5, 5.41) is 30.6. The van der Waals surface area contributed by atoms with Gasteiger partial charge in [0.25, 0.3) is 0 Å². The van der Waals surface area contributed by atoms with Gasteiger partial charge in [0.05, 0.1) is 11.8 Å². The number of aromatic amines is 2. The third-order valence-corrected chi connectivity index (χ3v) is 4.86. The maximum atomic E-state index is 12.1. The van der Waals surface area contributed by atoms with Gasteiger partial charge in [-0.15, -0.1) is 0 Å². The van der Waals surface area contributed by atoms with Crippen molar-refractivity contribution in [3.05, 3.63) is 59.9 Å². The Morgan fingerprint density at radius 3 is 1.93 bits per heavy atom. The molecule has 5 N–H and O–H groups in total. The minimum absolute atomic E-state index is 0.00663. The number of aliphatic carboxylic acids is 1. The topological polar surface area (TPSA) is 126 Å². The van der Waals surface area contributed by atoms with Gasteiger partial charge in [0.2, 0.25) is 0 Å². The lowest BCUT2D eigenvalue weighted by molar-refractivity contribution is -0.140. The van der Waals surface area contributed by atoms with Crippen molar-refractivity contribution >= 4 is 34.1 Å². The number of aromatic hydroxyl groups is 2. The van der Waals surface area contributed by atoms with Crippen LogP contribution in [0.1, 0.15) is 23.0 Å². The highest BCUT2D eigenvalue weighted by atomic mass is 16.4. The molecule has 7 heteroatoms. The molecular formula is C20H16N2O5. The molecule has 2 aromatic heterocycles. The molecule has 4 aromatic rings. The molecule has 0 aliphatic carbocycles. The Bertz CT molecular complexity index is 1170. The van der Waals surface area contributed by atoms with Crippen LogP contribution >= 0.6 is 0 Å². The van der Waals surface area contributed by atoms with Crippen molar-refractivity contribution in [1.29, 1.82) is 0 Å². The van der Waals surface area contributed by atoms with E-state index in [1.54, 1.807) is 24.5 Å². The third-order valence-electron chi connectivity index (χ3n) is 4.86. The monoisotopic (exact) mass is 364 g/mol. The van der Waals surface area contributed by atoms with Crippen LogP contribution in [0.2, 0.25) is 0 Å². The minimum Gasteiger partial charge on any atom is -0.508 e. The number of carboxylic acid groups (broad SMARTS) is 1. The maximum absolute atomic E-state index is 12.1. The van der Waals surface area contributed by atoms with Crippen LogP contribution in [0.3, 0.4) is 0 Å². The van der Waals surface area contributed by atoms with Crippen molar-refractivity contribution in [2.75, 3.05) is 0 Å². The number of aromatic nitrogens is 2. The SMILES string of the molecule is O=CC(c1c[nH]c2ccc(O)cc12)C(C(=O)O)c1c[nH]c2ccc(O)cc12. The number of phenols is 2. The fourth-order valence-electron chi connectivity index (χ4n) is 3.60. The average molecular weight is 364 g/mol. The first-order chi connectivity index (χ1) is 13.0. The molecule has 0 bridgehead atoms. The smallest absolute Gasteiger partial charge is 0.312 e. The second-order valence-electron chi connectivity index (χ2n) is 6.43. The fourth-order valence-corrected chi connectivity index (χ4v) is 3.60. The molecule has 27 heavy (non-hydrogen) atoms. The van der Waals surface area contributed by atoms with Crippen LogP contribution in [-0.4, -0.2) is 37.5 Å². The Morgan fingerprint density at radius 1 is 0.889 bits per heavy atom. The summed E-state index contributed by atoms with van der Waals surface area (Å²) in [5.41, 5.74) is 2.24. The summed E-state index contributed by atoms with van der Waals surface area (Å²) in [7, 11) is 0. The van der Waals surface area contributed by atoms with E-state index in [0.717, 1.165) is 0 Å². The molecule has 0 fully saturated rings. The number of hydrogen-bond donors (Lipinski definition) is 5. The lowest BCUT2D eigenvalue weighted by Gasteiger charge is -2.19. The number of aldehydes is 1. The lowest BCUT2D eigenvalue weighted by Crippen LogP contribution is -2.21. The van der Waals surface area contributed by atoms with E-state index in [1.807, 2.05) is 0 Å². The normalized spacial score (nSPS) is 13.6. The van der Waals surface area contributed by atoms with Gasteiger partial charge < -0.3 is 30.1 Å². The number of phenolic OH excluding ortho intramolecular Hbond substituents is 2.